The van der Waals surface area contributed by atoms with E-state index in [2.05, 4.69) is 37.3 Å². The molecule has 1 aliphatic heterocycles. The minimum Gasteiger partial charge on any atom is -0.489 e. The number of carbonyl (C=O) groups is 1. The lowest BCUT2D eigenvalue weighted by Gasteiger charge is -2.13. The molecule has 1 heterocycles. The molecular weight excluding hydrogens is 488 g/mol. The number of aliphatic imine (C=N–C) groups is 1. The van der Waals surface area contributed by atoms with Gasteiger partial charge in [0.15, 0.2) is 5.17 Å². The number of rotatable bonds is 7. The maximum absolute atomic E-state index is 13.1. The van der Waals surface area contributed by atoms with Crippen molar-refractivity contribution in [2.45, 2.75) is 20.0 Å². The molecule has 6 heteroatoms. The highest BCUT2D eigenvalue weighted by Crippen LogP contribution is 2.34. The average molecular weight is 513 g/mol. The SMILES string of the molecule is CCCN1C(=O)/C(=C/c2ccc(OCc3cccc4ccccc34)cc2)SC1=Nc1ccc(Cl)cc1. The molecule has 4 aromatic carbocycles. The fourth-order valence-corrected chi connectivity index (χ4v) is 5.18. The molecule has 4 aromatic rings. The first-order chi connectivity index (χ1) is 17.6. The second-order valence-corrected chi connectivity index (χ2v) is 9.88. The number of benzene rings is 4. The number of amides is 1. The molecule has 0 N–H and O–H groups in total. The Kier molecular flexibility index (Phi) is 7.40. The molecule has 0 atom stereocenters. The molecule has 1 fully saturated rings. The van der Waals surface area contributed by atoms with Crippen LogP contribution >= 0.6 is 23.4 Å². The summed E-state index contributed by atoms with van der Waals surface area (Å²) in [4.78, 5) is 20.2. The van der Waals surface area contributed by atoms with Gasteiger partial charge in [0.1, 0.15) is 12.4 Å². The number of amidine groups is 1. The van der Waals surface area contributed by atoms with Crippen LogP contribution < -0.4 is 4.74 Å². The Morgan fingerprint density at radius 2 is 1.69 bits per heavy atom. The molecule has 0 bridgehead atoms. The van der Waals surface area contributed by atoms with Crippen LogP contribution in [0.2, 0.25) is 5.02 Å². The summed E-state index contributed by atoms with van der Waals surface area (Å²) >= 11 is 7.39. The van der Waals surface area contributed by atoms with Gasteiger partial charge in [0.05, 0.1) is 10.6 Å². The number of ether oxygens (including phenoxy) is 1. The van der Waals surface area contributed by atoms with Crippen molar-refractivity contribution in [1.82, 2.24) is 4.90 Å². The zero-order chi connectivity index (χ0) is 24.9. The van der Waals surface area contributed by atoms with Gasteiger partial charge < -0.3 is 4.74 Å². The van der Waals surface area contributed by atoms with Gasteiger partial charge in [0.25, 0.3) is 5.91 Å². The quantitative estimate of drug-likeness (QED) is 0.235. The zero-order valence-corrected chi connectivity index (χ0v) is 21.4. The summed E-state index contributed by atoms with van der Waals surface area (Å²) in [6, 6.07) is 29.7. The highest BCUT2D eigenvalue weighted by atomic mass is 35.5. The third kappa shape index (κ3) is 5.48. The fourth-order valence-electron chi connectivity index (χ4n) is 4.03. The van der Waals surface area contributed by atoms with Crippen molar-refractivity contribution in [2.75, 3.05) is 6.54 Å². The van der Waals surface area contributed by atoms with E-state index in [9.17, 15) is 4.79 Å². The number of hydrogen-bond acceptors (Lipinski definition) is 4. The molecule has 0 saturated carbocycles. The lowest BCUT2D eigenvalue weighted by Crippen LogP contribution is -2.29. The molecule has 0 aliphatic carbocycles. The van der Waals surface area contributed by atoms with Crippen LogP contribution in [0, 0.1) is 0 Å². The second kappa shape index (κ2) is 11.0. The highest BCUT2D eigenvalue weighted by molar-refractivity contribution is 8.18. The first kappa shape index (κ1) is 24.2. The molecule has 5 rings (SSSR count). The standard InChI is InChI=1S/C30H25ClN2O2S/c1-2-18-33-29(34)28(36-30(33)32-25-14-12-24(31)13-15-25)19-21-10-16-26(17-11-21)35-20-23-8-5-7-22-6-3-4-9-27(22)23/h3-17,19H,2,18,20H2,1H3/b28-19-,32-30?. The maximum atomic E-state index is 13.1. The molecular formula is C30H25ClN2O2S. The average Bonchev–Trinajstić information content (AvgIpc) is 3.18. The van der Waals surface area contributed by atoms with Gasteiger partial charge in [-0.3, -0.25) is 9.69 Å². The van der Waals surface area contributed by atoms with Crippen LogP contribution in [0.1, 0.15) is 24.5 Å². The molecule has 0 spiro atoms. The lowest BCUT2D eigenvalue weighted by atomic mass is 10.1. The molecule has 4 nitrogen and oxygen atoms in total. The Labute approximate surface area is 220 Å². The monoisotopic (exact) mass is 512 g/mol. The molecule has 1 saturated heterocycles. The van der Waals surface area contributed by atoms with Gasteiger partial charge in [-0.1, -0.05) is 73.1 Å². The molecule has 36 heavy (non-hydrogen) atoms. The Morgan fingerprint density at radius 3 is 2.47 bits per heavy atom. The maximum Gasteiger partial charge on any atom is 0.266 e. The van der Waals surface area contributed by atoms with E-state index in [-0.39, 0.29) is 5.91 Å². The summed E-state index contributed by atoms with van der Waals surface area (Å²) in [6.45, 7) is 3.17. The first-order valence-electron chi connectivity index (χ1n) is 11.9. The molecule has 0 radical (unpaired) electrons. The van der Waals surface area contributed by atoms with Crippen molar-refractivity contribution in [1.29, 1.82) is 0 Å². The second-order valence-electron chi connectivity index (χ2n) is 8.43. The molecule has 1 aliphatic rings. The summed E-state index contributed by atoms with van der Waals surface area (Å²) in [5.41, 5.74) is 2.85. The van der Waals surface area contributed by atoms with Gasteiger partial charge in [-0.05, 0) is 82.6 Å². The third-order valence-electron chi connectivity index (χ3n) is 5.84. The van der Waals surface area contributed by atoms with E-state index in [0.29, 0.717) is 28.2 Å². The first-order valence-corrected chi connectivity index (χ1v) is 13.1. The van der Waals surface area contributed by atoms with Crippen molar-refractivity contribution < 1.29 is 9.53 Å². The van der Waals surface area contributed by atoms with Crippen molar-refractivity contribution in [2.24, 2.45) is 4.99 Å². The summed E-state index contributed by atoms with van der Waals surface area (Å²) in [5.74, 6) is 0.763. The molecule has 1 amide bonds. The van der Waals surface area contributed by atoms with E-state index < -0.39 is 0 Å². The number of nitrogens with zero attached hydrogens (tertiary/aromatic N) is 2. The van der Waals surface area contributed by atoms with Crippen LogP contribution in [-0.4, -0.2) is 22.5 Å². The van der Waals surface area contributed by atoms with Crippen molar-refractivity contribution >= 4 is 57.0 Å². The molecule has 180 valence electrons. The van der Waals surface area contributed by atoms with Crippen LogP contribution in [0.15, 0.2) is 101 Å². The van der Waals surface area contributed by atoms with Crippen LogP contribution in [0.25, 0.3) is 16.8 Å². The number of fused-ring (bicyclic) bond motifs is 1. The summed E-state index contributed by atoms with van der Waals surface area (Å²) in [5, 5.41) is 3.75. The van der Waals surface area contributed by atoms with Crippen LogP contribution in [0.5, 0.6) is 5.75 Å². The van der Waals surface area contributed by atoms with Gasteiger partial charge in [-0.25, -0.2) is 4.99 Å². The third-order valence-corrected chi connectivity index (χ3v) is 7.10. The number of halogens is 1. The molecule has 0 unspecified atom stereocenters. The van der Waals surface area contributed by atoms with Crippen molar-refractivity contribution in [3.8, 4) is 5.75 Å². The van der Waals surface area contributed by atoms with Crippen LogP contribution in [0.3, 0.4) is 0 Å². The van der Waals surface area contributed by atoms with E-state index in [1.54, 1.807) is 17.0 Å². The Bertz CT molecular complexity index is 1440. The van der Waals surface area contributed by atoms with E-state index >= 15 is 0 Å². The highest BCUT2D eigenvalue weighted by Gasteiger charge is 2.32. The minimum atomic E-state index is -0.0224. The van der Waals surface area contributed by atoms with Gasteiger partial charge in [0.2, 0.25) is 0 Å². The van der Waals surface area contributed by atoms with Crippen LogP contribution in [0.4, 0.5) is 5.69 Å². The van der Waals surface area contributed by atoms with Crippen LogP contribution in [-0.2, 0) is 11.4 Å². The van der Waals surface area contributed by atoms with E-state index in [1.807, 2.05) is 54.6 Å². The minimum absolute atomic E-state index is 0.0224. The number of carbonyl (C=O) groups excluding carboxylic acids is 1. The van der Waals surface area contributed by atoms with Crippen molar-refractivity contribution in [3.63, 3.8) is 0 Å². The number of thioether (sulfide) groups is 1. The van der Waals surface area contributed by atoms with Gasteiger partial charge in [-0.2, -0.15) is 0 Å². The largest absolute Gasteiger partial charge is 0.489 e. The predicted octanol–water partition coefficient (Wildman–Crippen LogP) is 8.09. The smallest absolute Gasteiger partial charge is 0.266 e. The zero-order valence-electron chi connectivity index (χ0n) is 19.9. The summed E-state index contributed by atoms with van der Waals surface area (Å²) < 4.78 is 6.06. The lowest BCUT2D eigenvalue weighted by molar-refractivity contribution is -0.122. The fraction of sp³-hybridized carbons (Fsp3) is 0.133. The van der Waals surface area contributed by atoms with E-state index in [4.69, 9.17) is 21.3 Å². The predicted molar refractivity (Wildman–Crippen MR) is 151 cm³/mol. The Morgan fingerprint density at radius 1 is 0.944 bits per heavy atom. The van der Waals surface area contributed by atoms with Crippen molar-refractivity contribution in [3.05, 3.63) is 112 Å². The molecule has 0 aromatic heterocycles. The van der Waals surface area contributed by atoms with Gasteiger partial charge in [0, 0.05) is 11.6 Å². The number of hydrogen-bond donors (Lipinski definition) is 0. The Hall–Kier alpha value is -3.54. The van der Waals surface area contributed by atoms with E-state index in [1.165, 1.54) is 22.5 Å². The van der Waals surface area contributed by atoms with E-state index in [0.717, 1.165) is 29.0 Å². The van der Waals surface area contributed by atoms with Gasteiger partial charge in [-0.15, -0.1) is 0 Å². The summed E-state index contributed by atoms with van der Waals surface area (Å²) in [6.07, 6.45) is 2.76. The Balaban J connectivity index is 1.30. The topological polar surface area (TPSA) is 41.9 Å². The van der Waals surface area contributed by atoms with Gasteiger partial charge >= 0.3 is 0 Å². The summed E-state index contributed by atoms with van der Waals surface area (Å²) in [7, 11) is 0. The normalized spacial score (nSPS) is 15.8.